The maximum Gasteiger partial charge on any atom is 0.224 e. The molecule has 0 aliphatic rings. The molecular formula is C31H27N2+. The van der Waals surface area contributed by atoms with Gasteiger partial charge in [0.1, 0.15) is 7.05 Å². The van der Waals surface area contributed by atoms with Crippen LogP contribution in [0.1, 0.15) is 36.5 Å². The smallest absolute Gasteiger partial charge is 0.224 e. The van der Waals surface area contributed by atoms with Crippen LogP contribution in [0, 0.1) is 13.8 Å². The summed E-state index contributed by atoms with van der Waals surface area (Å²) < 4.78 is 4.93. The maximum atomic E-state index is 2.59. The highest BCUT2D eigenvalue weighted by Gasteiger charge is 2.27. The van der Waals surface area contributed by atoms with Gasteiger partial charge in [-0.15, -0.1) is 0 Å². The van der Waals surface area contributed by atoms with Gasteiger partial charge in [0.05, 0.1) is 27.3 Å². The number of aryl methyl sites for hydroxylation is 3. The van der Waals surface area contributed by atoms with Gasteiger partial charge in [0.2, 0.25) is 5.52 Å². The second kappa shape index (κ2) is 6.23. The maximum absolute atomic E-state index is 2.59. The predicted molar refractivity (Wildman–Crippen MR) is 141 cm³/mol. The van der Waals surface area contributed by atoms with Crippen molar-refractivity contribution >= 4 is 59.8 Å². The molecule has 0 saturated heterocycles. The van der Waals surface area contributed by atoms with E-state index in [1.165, 1.54) is 76.5 Å². The molecule has 0 saturated carbocycles. The van der Waals surface area contributed by atoms with Crippen LogP contribution in [0.4, 0.5) is 0 Å². The summed E-state index contributed by atoms with van der Waals surface area (Å²) in [5.41, 5.74) is 9.52. The van der Waals surface area contributed by atoms with Gasteiger partial charge in [-0.05, 0) is 58.7 Å². The number of pyridine rings is 2. The lowest BCUT2D eigenvalue weighted by Crippen LogP contribution is -2.29. The lowest BCUT2D eigenvalue weighted by atomic mass is 9.88. The van der Waals surface area contributed by atoms with Crippen LogP contribution < -0.4 is 4.57 Å². The van der Waals surface area contributed by atoms with E-state index < -0.39 is 0 Å². The predicted octanol–water partition coefficient (Wildman–Crippen LogP) is 7.71. The number of fused-ring (bicyclic) bond motifs is 7. The molecule has 0 radical (unpaired) electrons. The highest BCUT2D eigenvalue weighted by Crippen LogP contribution is 2.45. The molecule has 33 heavy (non-hydrogen) atoms. The average molecular weight is 428 g/mol. The molecule has 7 aromatic rings. The Morgan fingerprint density at radius 2 is 1.52 bits per heavy atom. The molecule has 0 unspecified atom stereocenters. The summed E-state index contributed by atoms with van der Waals surface area (Å²) in [6, 6.07) is 22.6. The number of aromatic nitrogens is 2. The van der Waals surface area contributed by atoms with Crippen LogP contribution in [0.3, 0.4) is 0 Å². The van der Waals surface area contributed by atoms with E-state index in [9.17, 15) is 0 Å². The SMILES string of the molecule is Cc1cccc2c1c1ccc3cc[n+](C)c4c5c(C)c6ccccc6c(C(C)C)c5n2c1c34. The summed E-state index contributed by atoms with van der Waals surface area (Å²) in [6.45, 7) is 9.24. The molecular weight excluding hydrogens is 400 g/mol. The lowest BCUT2D eigenvalue weighted by Gasteiger charge is -2.20. The van der Waals surface area contributed by atoms with Crippen molar-refractivity contribution in [1.82, 2.24) is 4.40 Å². The molecule has 0 aliphatic carbocycles. The van der Waals surface area contributed by atoms with Crippen molar-refractivity contribution in [1.29, 1.82) is 0 Å². The molecule has 0 fully saturated rings. The highest BCUT2D eigenvalue weighted by atomic mass is 15.0. The quantitative estimate of drug-likeness (QED) is 0.144. The molecule has 2 nitrogen and oxygen atoms in total. The van der Waals surface area contributed by atoms with Gasteiger partial charge in [-0.1, -0.05) is 62.4 Å². The Bertz CT molecular complexity index is 1920. The zero-order valence-electron chi connectivity index (χ0n) is 19.8. The second-order valence-corrected chi connectivity index (χ2v) is 9.97. The van der Waals surface area contributed by atoms with Crippen LogP contribution >= 0.6 is 0 Å². The highest BCUT2D eigenvalue weighted by molar-refractivity contribution is 6.29. The Kier molecular flexibility index (Phi) is 3.56. The van der Waals surface area contributed by atoms with Crippen LogP contribution in [-0.4, -0.2) is 4.40 Å². The molecule has 3 heterocycles. The molecule has 0 bridgehead atoms. The van der Waals surface area contributed by atoms with Crippen molar-refractivity contribution in [2.75, 3.05) is 0 Å². The molecule has 0 N–H and O–H groups in total. The monoisotopic (exact) mass is 427 g/mol. The van der Waals surface area contributed by atoms with Crippen LogP contribution in [0.15, 0.2) is 66.9 Å². The van der Waals surface area contributed by atoms with Crippen LogP contribution in [0.5, 0.6) is 0 Å². The summed E-state index contributed by atoms with van der Waals surface area (Å²) in [5.74, 6) is 0.399. The van der Waals surface area contributed by atoms with E-state index in [2.05, 4.69) is 111 Å². The topological polar surface area (TPSA) is 8.29 Å². The molecule has 0 amide bonds. The van der Waals surface area contributed by atoms with E-state index in [1.54, 1.807) is 0 Å². The van der Waals surface area contributed by atoms with Gasteiger partial charge in [-0.25, -0.2) is 4.57 Å². The number of benzene rings is 4. The first-order valence-corrected chi connectivity index (χ1v) is 11.9. The largest absolute Gasteiger partial charge is 0.307 e. The number of hydrogen-bond donors (Lipinski definition) is 0. The first-order chi connectivity index (χ1) is 16.0. The zero-order chi connectivity index (χ0) is 22.6. The minimum absolute atomic E-state index is 0.399. The minimum atomic E-state index is 0.399. The Balaban J connectivity index is 2.02. The van der Waals surface area contributed by atoms with E-state index in [4.69, 9.17) is 0 Å². The molecule has 0 aliphatic heterocycles. The molecule has 0 atom stereocenters. The summed E-state index contributed by atoms with van der Waals surface area (Å²) in [7, 11) is 2.20. The van der Waals surface area contributed by atoms with Crippen LogP contribution in [-0.2, 0) is 7.05 Å². The first kappa shape index (κ1) is 18.9. The van der Waals surface area contributed by atoms with Gasteiger partial charge in [0, 0.05) is 16.8 Å². The molecule has 3 aromatic heterocycles. The zero-order valence-corrected chi connectivity index (χ0v) is 19.8. The molecule has 0 spiro atoms. The lowest BCUT2D eigenvalue weighted by molar-refractivity contribution is -0.643. The van der Waals surface area contributed by atoms with Gasteiger partial charge in [-0.2, -0.15) is 0 Å². The van der Waals surface area contributed by atoms with Gasteiger partial charge >= 0.3 is 0 Å². The van der Waals surface area contributed by atoms with Crippen molar-refractivity contribution in [2.45, 2.75) is 33.6 Å². The van der Waals surface area contributed by atoms with Gasteiger partial charge in [0.25, 0.3) is 0 Å². The number of nitrogens with zero attached hydrogens (tertiary/aromatic N) is 2. The van der Waals surface area contributed by atoms with Gasteiger partial charge < -0.3 is 4.40 Å². The third-order valence-corrected chi connectivity index (χ3v) is 7.79. The Hall–Kier alpha value is -3.65. The Labute approximate surface area is 193 Å². The van der Waals surface area contributed by atoms with Crippen molar-refractivity contribution in [2.24, 2.45) is 7.05 Å². The summed E-state index contributed by atoms with van der Waals surface area (Å²) in [4.78, 5) is 0. The summed E-state index contributed by atoms with van der Waals surface area (Å²) >= 11 is 0. The standard InChI is InChI=1S/C31H27N2/c1-17(2)25-22-11-7-6-10-21(22)19(4)27-30-28-20(15-16-32(30)5)13-14-23-26-18(3)9-8-12-24(26)33(29(23)28)31(25)27/h6-17H,1-5H3/q+1. The number of hydrogen-bond acceptors (Lipinski definition) is 0. The van der Waals surface area contributed by atoms with Gasteiger partial charge in [-0.3, -0.25) is 0 Å². The van der Waals surface area contributed by atoms with E-state index in [0.29, 0.717) is 5.92 Å². The van der Waals surface area contributed by atoms with E-state index >= 15 is 0 Å². The third kappa shape index (κ3) is 2.17. The van der Waals surface area contributed by atoms with E-state index in [1.807, 2.05) is 0 Å². The average Bonchev–Trinajstić information content (AvgIpc) is 3.15. The summed E-state index contributed by atoms with van der Waals surface area (Å²) in [6.07, 6.45) is 2.22. The molecule has 160 valence electrons. The normalized spacial score (nSPS) is 12.7. The van der Waals surface area contributed by atoms with Crippen molar-refractivity contribution in [3.8, 4) is 0 Å². The fourth-order valence-corrected chi connectivity index (χ4v) is 6.44. The Morgan fingerprint density at radius 1 is 0.727 bits per heavy atom. The second-order valence-electron chi connectivity index (χ2n) is 9.97. The van der Waals surface area contributed by atoms with Gasteiger partial charge in [0.15, 0.2) is 6.20 Å². The fourth-order valence-electron chi connectivity index (χ4n) is 6.44. The molecule has 4 aromatic carbocycles. The van der Waals surface area contributed by atoms with Crippen molar-refractivity contribution < 1.29 is 4.57 Å². The van der Waals surface area contributed by atoms with Crippen LogP contribution in [0.25, 0.3) is 59.8 Å². The minimum Gasteiger partial charge on any atom is -0.307 e. The Morgan fingerprint density at radius 3 is 2.30 bits per heavy atom. The third-order valence-electron chi connectivity index (χ3n) is 7.79. The van der Waals surface area contributed by atoms with E-state index in [0.717, 1.165) is 0 Å². The number of rotatable bonds is 1. The van der Waals surface area contributed by atoms with Crippen LogP contribution in [0.2, 0.25) is 0 Å². The van der Waals surface area contributed by atoms with Crippen molar-refractivity contribution in [3.05, 3.63) is 83.6 Å². The first-order valence-electron chi connectivity index (χ1n) is 11.9. The van der Waals surface area contributed by atoms with E-state index in [-0.39, 0.29) is 0 Å². The molecule has 2 heteroatoms. The summed E-state index contributed by atoms with van der Waals surface area (Å²) in [5, 5.41) is 9.52. The fraction of sp³-hybridized carbons (Fsp3) is 0.194. The molecule has 7 rings (SSSR count). The van der Waals surface area contributed by atoms with Crippen molar-refractivity contribution in [3.63, 3.8) is 0 Å².